The van der Waals surface area contributed by atoms with Crippen molar-refractivity contribution in [3.8, 4) is 0 Å². The van der Waals surface area contributed by atoms with Crippen LogP contribution >= 0.6 is 0 Å². The minimum absolute atomic E-state index is 0.0105. The van der Waals surface area contributed by atoms with E-state index >= 15 is 0 Å². The number of ether oxygens (including phenoxy) is 1. The summed E-state index contributed by atoms with van der Waals surface area (Å²) in [6, 6.07) is 0. The molecule has 0 atom stereocenters. The molecule has 1 aliphatic heterocycles. The topological polar surface area (TPSA) is 102 Å². The third-order valence-electron chi connectivity index (χ3n) is 2.98. The number of nitrogens with two attached hydrogens (primary N) is 1. The fourth-order valence-corrected chi connectivity index (χ4v) is 2.15. The van der Waals surface area contributed by atoms with Gasteiger partial charge in [-0.15, -0.1) is 5.10 Å². The van der Waals surface area contributed by atoms with E-state index in [4.69, 9.17) is 15.6 Å². The number of amidine groups is 1. The lowest BCUT2D eigenvalue weighted by Crippen LogP contribution is -2.25. The molecular weight excluding hydrogens is 248 g/mol. The molecule has 0 bridgehead atoms. The number of nitrogens with zero attached hydrogens (tertiary/aromatic N) is 5. The lowest BCUT2D eigenvalue weighted by Gasteiger charge is -2.18. The Kier molecular flexibility index (Phi) is 2.80. The summed E-state index contributed by atoms with van der Waals surface area (Å²) in [5, 5.41) is 23.5. The highest BCUT2D eigenvalue weighted by atomic mass is 16.5. The minimum atomic E-state index is -0.0105. The van der Waals surface area contributed by atoms with E-state index in [9.17, 15) is 0 Å². The maximum absolute atomic E-state index is 8.74. The zero-order valence-electron chi connectivity index (χ0n) is 10.4. The second-order valence-corrected chi connectivity index (χ2v) is 4.21. The van der Waals surface area contributed by atoms with Crippen molar-refractivity contribution in [3.63, 3.8) is 0 Å². The van der Waals surface area contributed by atoms with Crippen LogP contribution in [0.5, 0.6) is 0 Å². The molecule has 0 unspecified atom stereocenters. The van der Waals surface area contributed by atoms with Crippen LogP contribution < -0.4 is 10.7 Å². The van der Waals surface area contributed by atoms with E-state index in [1.54, 1.807) is 18.3 Å². The van der Waals surface area contributed by atoms with Crippen molar-refractivity contribution in [2.45, 2.75) is 6.73 Å². The van der Waals surface area contributed by atoms with Crippen molar-refractivity contribution in [2.75, 3.05) is 25.3 Å². The van der Waals surface area contributed by atoms with Gasteiger partial charge in [0.05, 0.1) is 30.3 Å². The largest absolute Gasteiger partial charge is 0.394 e. The number of aliphatic hydroxyl groups is 1. The molecule has 100 valence electrons. The monoisotopic (exact) mass is 262 g/mol. The highest BCUT2D eigenvalue weighted by Gasteiger charge is 2.23. The Balaban J connectivity index is 2.10. The van der Waals surface area contributed by atoms with Crippen LogP contribution in [0.2, 0.25) is 0 Å². The van der Waals surface area contributed by atoms with Crippen LogP contribution in [0.15, 0.2) is 17.5 Å². The van der Waals surface area contributed by atoms with Crippen molar-refractivity contribution >= 4 is 22.6 Å². The van der Waals surface area contributed by atoms with Crippen molar-refractivity contribution in [1.82, 2.24) is 14.8 Å². The Morgan fingerprint density at radius 3 is 3.11 bits per heavy atom. The molecule has 2 aromatic heterocycles. The molecule has 0 spiro atoms. The average Bonchev–Trinajstić information content (AvgIpc) is 2.77. The quantitative estimate of drug-likeness (QED) is 0.718. The molecule has 3 heterocycles. The molecule has 0 radical (unpaired) electrons. The lowest BCUT2D eigenvalue weighted by molar-refractivity contribution is 0.0504. The van der Waals surface area contributed by atoms with E-state index in [0.717, 1.165) is 16.5 Å². The van der Waals surface area contributed by atoms with Gasteiger partial charge in [0.15, 0.2) is 11.7 Å². The number of hydrogen-bond acceptors (Lipinski definition) is 7. The van der Waals surface area contributed by atoms with Crippen LogP contribution in [-0.4, -0.2) is 46.0 Å². The van der Waals surface area contributed by atoms with Crippen molar-refractivity contribution < 1.29 is 9.84 Å². The van der Waals surface area contributed by atoms with Crippen molar-refractivity contribution in [2.24, 2.45) is 10.8 Å². The van der Waals surface area contributed by atoms with E-state index in [1.807, 2.05) is 10.8 Å². The summed E-state index contributed by atoms with van der Waals surface area (Å²) in [4.78, 5) is 0. The molecule has 2 aromatic rings. The average molecular weight is 262 g/mol. The molecule has 0 aliphatic carbocycles. The minimum Gasteiger partial charge on any atom is -0.394 e. The highest BCUT2D eigenvalue weighted by molar-refractivity contribution is 6.14. The third kappa shape index (κ3) is 1.81. The van der Waals surface area contributed by atoms with Crippen molar-refractivity contribution in [3.05, 3.63) is 18.0 Å². The fourth-order valence-electron chi connectivity index (χ4n) is 2.15. The number of hydrogen-bond donors (Lipinski definition) is 2. The first-order valence-electron chi connectivity index (χ1n) is 5.83. The van der Waals surface area contributed by atoms with Crippen LogP contribution in [0.1, 0.15) is 5.56 Å². The van der Waals surface area contributed by atoms with E-state index in [1.165, 1.54) is 0 Å². The second kappa shape index (κ2) is 4.48. The van der Waals surface area contributed by atoms with Crippen molar-refractivity contribution in [1.29, 1.82) is 0 Å². The van der Waals surface area contributed by atoms with E-state index in [2.05, 4.69) is 15.3 Å². The van der Waals surface area contributed by atoms with E-state index in [-0.39, 0.29) is 13.2 Å². The molecule has 8 heteroatoms. The molecule has 8 nitrogen and oxygen atoms in total. The molecule has 1 aliphatic rings. The fraction of sp³-hybridized carbons (Fsp3) is 0.364. The number of hydrazone groups is 1. The van der Waals surface area contributed by atoms with E-state index in [0.29, 0.717) is 18.4 Å². The van der Waals surface area contributed by atoms with Gasteiger partial charge in [-0.25, -0.2) is 5.01 Å². The SMILES string of the molecule is CN1N=C(N)c2cn(COCCO)c3cnnc1c23. The number of rotatable bonds is 4. The van der Waals surface area contributed by atoms with Crippen LogP contribution in [-0.2, 0) is 11.5 Å². The van der Waals surface area contributed by atoms with E-state index < -0.39 is 0 Å². The zero-order chi connectivity index (χ0) is 13.4. The summed E-state index contributed by atoms with van der Waals surface area (Å²) in [5.74, 6) is 1.11. The van der Waals surface area contributed by atoms with Crippen LogP contribution in [0, 0.1) is 0 Å². The number of anilines is 1. The highest BCUT2D eigenvalue weighted by Crippen LogP contribution is 2.31. The first kappa shape index (κ1) is 11.9. The maximum atomic E-state index is 8.74. The third-order valence-corrected chi connectivity index (χ3v) is 2.98. The molecular formula is C11H14N6O2. The Hall–Kier alpha value is -2.19. The molecule has 3 N–H and O–H groups in total. The predicted octanol–water partition coefficient (Wildman–Crippen LogP) is -0.532. The van der Waals surface area contributed by atoms with Gasteiger partial charge in [0, 0.05) is 18.8 Å². The van der Waals surface area contributed by atoms with Crippen LogP contribution in [0.3, 0.4) is 0 Å². The lowest BCUT2D eigenvalue weighted by atomic mass is 10.2. The predicted molar refractivity (Wildman–Crippen MR) is 69.7 cm³/mol. The summed E-state index contributed by atoms with van der Waals surface area (Å²) in [7, 11) is 1.78. The first-order chi connectivity index (χ1) is 9.22. The summed E-state index contributed by atoms with van der Waals surface area (Å²) in [5.41, 5.74) is 7.63. The van der Waals surface area contributed by atoms with Crippen LogP contribution in [0.25, 0.3) is 10.9 Å². The maximum Gasteiger partial charge on any atom is 0.181 e. The standard InChI is InChI=1S/C11H14N6O2/c1-16-11-9-7(10(12)15-16)5-17(6-19-3-2-18)8(9)4-13-14-11/h4-5,18H,2-3,6H2,1H3,(H2,12,15). The summed E-state index contributed by atoms with van der Waals surface area (Å²) in [6.07, 6.45) is 3.53. The van der Waals surface area contributed by atoms with Gasteiger partial charge in [0.1, 0.15) is 6.73 Å². The molecule has 0 amide bonds. The first-order valence-corrected chi connectivity index (χ1v) is 5.83. The second-order valence-electron chi connectivity index (χ2n) is 4.21. The summed E-state index contributed by atoms with van der Waals surface area (Å²) >= 11 is 0. The van der Waals surface area contributed by atoms with Gasteiger partial charge in [0.2, 0.25) is 0 Å². The van der Waals surface area contributed by atoms with Gasteiger partial charge in [0.25, 0.3) is 0 Å². The van der Waals surface area contributed by atoms with Gasteiger partial charge < -0.3 is 20.1 Å². The Morgan fingerprint density at radius 2 is 2.32 bits per heavy atom. The van der Waals surface area contributed by atoms with Gasteiger partial charge in [-0.1, -0.05) is 0 Å². The molecule has 19 heavy (non-hydrogen) atoms. The molecule has 0 fully saturated rings. The Labute approximate surface area is 109 Å². The molecule has 0 saturated carbocycles. The van der Waals surface area contributed by atoms with Gasteiger partial charge >= 0.3 is 0 Å². The molecule has 3 rings (SSSR count). The number of aliphatic hydroxyl groups excluding tert-OH is 1. The summed E-state index contributed by atoms with van der Waals surface area (Å²) in [6.45, 7) is 0.590. The van der Waals surface area contributed by atoms with Gasteiger partial charge in [-0.2, -0.15) is 10.2 Å². The van der Waals surface area contributed by atoms with Gasteiger partial charge in [-0.3, -0.25) is 0 Å². The summed E-state index contributed by atoms with van der Waals surface area (Å²) < 4.78 is 7.20. The van der Waals surface area contributed by atoms with Crippen LogP contribution in [0.4, 0.5) is 5.82 Å². The molecule has 0 aromatic carbocycles. The normalized spacial score (nSPS) is 14.0. The smallest absolute Gasteiger partial charge is 0.181 e. The van der Waals surface area contributed by atoms with Gasteiger partial charge in [-0.05, 0) is 0 Å². The number of aromatic nitrogens is 3. The Bertz CT molecular complexity index is 650. The molecule has 0 saturated heterocycles. The zero-order valence-corrected chi connectivity index (χ0v) is 10.4. The Morgan fingerprint density at radius 1 is 1.47 bits per heavy atom.